The minimum atomic E-state index is -4.48. The van der Waals surface area contributed by atoms with E-state index in [2.05, 4.69) is 10.3 Å². The molecule has 5 nitrogen and oxygen atoms in total. The third kappa shape index (κ3) is 3.46. The first-order valence-electron chi connectivity index (χ1n) is 10.0. The molecular formula is C23H17F3N2O3S. The number of nitrogens with one attached hydrogen (secondary N) is 1. The number of hydrogen-bond donors (Lipinski definition) is 2. The van der Waals surface area contributed by atoms with E-state index in [1.807, 2.05) is 12.2 Å². The second-order valence-corrected chi connectivity index (χ2v) is 9.10. The normalized spacial score (nSPS) is 24.2. The Hall–Kier alpha value is -3.20. The summed E-state index contributed by atoms with van der Waals surface area (Å²) >= 11 is 1.15. The van der Waals surface area contributed by atoms with Gasteiger partial charge in [-0.25, -0.2) is 4.98 Å². The van der Waals surface area contributed by atoms with Crippen LogP contribution in [-0.4, -0.2) is 22.0 Å². The second-order valence-electron chi connectivity index (χ2n) is 8.07. The van der Waals surface area contributed by atoms with Crippen LogP contribution < -0.4 is 5.32 Å². The second kappa shape index (κ2) is 7.44. The molecule has 32 heavy (non-hydrogen) atoms. The highest BCUT2D eigenvalue weighted by atomic mass is 32.1. The first kappa shape index (κ1) is 20.7. The number of benzene rings is 2. The number of carbonyl (C=O) groups excluding carboxylic acids is 1. The maximum atomic E-state index is 13.4. The van der Waals surface area contributed by atoms with Crippen LogP contribution in [0, 0.1) is 23.7 Å². The van der Waals surface area contributed by atoms with Crippen molar-refractivity contribution in [2.45, 2.75) is 12.6 Å². The molecule has 1 fully saturated rings. The van der Waals surface area contributed by atoms with Gasteiger partial charge >= 0.3 is 12.1 Å². The summed E-state index contributed by atoms with van der Waals surface area (Å²) in [6.45, 7) is 0. The third-order valence-corrected chi connectivity index (χ3v) is 7.14. The maximum absolute atomic E-state index is 13.4. The minimum absolute atomic E-state index is 0.0685. The number of nitrogens with zero attached hydrogens (tertiary/aromatic N) is 1. The van der Waals surface area contributed by atoms with Gasteiger partial charge in [0.2, 0.25) is 5.91 Å². The number of halogens is 3. The Morgan fingerprint density at radius 2 is 1.78 bits per heavy atom. The van der Waals surface area contributed by atoms with E-state index in [1.54, 1.807) is 24.3 Å². The fraction of sp³-hybridized carbons (Fsp3) is 0.261. The number of aromatic nitrogens is 1. The highest BCUT2D eigenvalue weighted by molar-refractivity contribution is 7.22. The van der Waals surface area contributed by atoms with Gasteiger partial charge in [0.15, 0.2) is 5.13 Å². The lowest BCUT2D eigenvalue weighted by Gasteiger charge is -2.23. The number of amides is 1. The lowest BCUT2D eigenvalue weighted by molar-refractivity contribution is -0.146. The standard InChI is InChI=1S/C23H17F3N2O3S/c24-23(25,26)15-4-2-1-3-14(15)11-7-8-16-17(10-11)32-22(27-16)28-20(29)18-12-5-6-13(9-12)19(18)21(30)31/h1-8,10,12-13,18-19H,9H2,(H,30,31)(H,27,28,29)/t12?,13?,18-,19+/m1/s1. The quantitative estimate of drug-likeness (QED) is 0.510. The van der Waals surface area contributed by atoms with Gasteiger partial charge in [-0.05, 0) is 47.6 Å². The summed E-state index contributed by atoms with van der Waals surface area (Å²) in [6, 6.07) is 10.2. The molecule has 2 bridgehead atoms. The van der Waals surface area contributed by atoms with Gasteiger partial charge < -0.3 is 10.4 Å². The van der Waals surface area contributed by atoms with E-state index in [-0.39, 0.29) is 17.4 Å². The topological polar surface area (TPSA) is 79.3 Å². The van der Waals surface area contributed by atoms with Crippen molar-refractivity contribution in [3.8, 4) is 11.1 Å². The van der Waals surface area contributed by atoms with E-state index in [0.29, 0.717) is 27.3 Å². The number of alkyl halides is 3. The number of hydrogen-bond acceptors (Lipinski definition) is 4. The maximum Gasteiger partial charge on any atom is 0.417 e. The van der Waals surface area contributed by atoms with Crippen molar-refractivity contribution in [2.75, 3.05) is 5.32 Å². The molecule has 4 atom stereocenters. The molecule has 1 heterocycles. The Balaban J connectivity index is 1.43. The predicted molar refractivity (Wildman–Crippen MR) is 114 cm³/mol. The van der Waals surface area contributed by atoms with Crippen molar-refractivity contribution in [2.24, 2.45) is 23.7 Å². The van der Waals surface area contributed by atoms with Crippen molar-refractivity contribution >= 4 is 38.6 Å². The van der Waals surface area contributed by atoms with Crippen molar-refractivity contribution in [1.82, 2.24) is 4.98 Å². The number of carbonyl (C=O) groups is 2. The van der Waals surface area contributed by atoms with Crippen molar-refractivity contribution < 1.29 is 27.9 Å². The van der Waals surface area contributed by atoms with Gasteiger partial charge in [-0.1, -0.05) is 47.8 Å². The number of anilines is 1. The number of allylic oxidation sites excluding steroid dienone is 2. The molecule has 2 aromatic carbocycles. The van der Waals surface area contributed by atoms with Gasteiger partial charge in [0.05, 0.1) is 27.6 Å². The smallest absolute Gasteiger partial charge is 0.417 e. The molecule has 5 rings (SSSR count). The zero-order valence-corrected chi connectivity index (χ0v) is 17.3. The summed E-state index contributed by atoms with van der Waals surface area (Å²) < 4.78 is 40.8. The van der Waals surface area contributed by atoms with Gasteiger partial charge in [-0.15, -0.1) is 0 Å². The van der Waals surface area contributed by atoms with Gasteiger partial charge in [0.1, 0.15) is 0 Å². The largest absolute Gasteiger partial charge is 0.481 e. The number of rotatable bonds is 4. The van der Waals surface area contributed by atoms with Crippen LogP contribution in [0.5, 0.6) is 0 Å². The van der Waals surface area contributed by atoms with Crippen LogP contribution in [0.15, 0.2) is 54.6 Å². The minimum Gasteiger partial charge on any atom is -0.481 e. The third-order valence-electron chi connectivity index (χ3n) is 6.21. The molecule has 0 spiro atoms. The van der Waals surface area contributed by atoms with E-state index in [0.717, 1.165) is 17.4 Å². The van der Waals surface area contributed by atoms with E-state index < -0.39 is 35.5 Å². The predicted octanol–water partition coefficient (Wildman–Crippen LogP) is 5.44. The Labute approximate surface area is 184 Å². The highest BCUT2D eigenvalue weighted by Gasteiger charge is 2.51. The van der Waals surface area contributed by atoms with Crippen LogP contribution in [-0.2, 0) is 15.8 Å². The van der Waals surface area contributed by atoms with Crippen LogP contribution in [0.3, 0.4) is 0 Å². The zero-order valence-electron chi connectivity index (χ0n) is 16.5. The van der Waals surface area contributed by atoms with Crippen LogP contribution in [0.1, 0.15) is 12.0 Å². The summed E-state index contributed by atoms with van der Waals surface area (Å²) in [6.07, 6.45) is -0.0621. The van der Waals surface area contributed by atoms with Crippen LogP contribution in [0.4, 0.5) is 18.3 Å². The number of thiazole rings is 1. The number of carboxylic acids is 1. The van der Waals surface area contributed by atoms with Crippen molar-refractivity contribution in [3.63, 3.8) is 0 Å². The first-order valence-corrected chi connectivity index (χ1v) is 10.8. The molecule has 0 saturated heterocycles. The van der Waals surface area contributed by atoms with Gasteiger partial charge in [-0.2, -0.15) is 13.2 Å². The van der Waals surface area contributed by atoms with E-state index in [9.17, 15) is 27.9 Å². The van der Waals surface area contributed by atoms with Crippen LogP contribution >= 0.6 is 11.3 Å². The summed E-state index contributed by atoms with van der Waals surface area (Å²) in [5.74, 6) is -3.05. The number of carboxylic acid groups (broad SMARTS) is 1. The Morgan fingerprint density at radius 1 is 1.06 bits per heavy atom. The first-order chi connectivity index (χ1) is 15.2. The molecule has 3 aromatic rings. The molecule has 2 aliphatic carbocycles. The summed E-state index contributed by atoms with van der Waals surface area (Å²) in [7, 11) is 0. The van der Waals surface area contributed by atoms with E-state index in [1.165, 1.54) is 12.1 Å². The highest BCUT2D eigenvalue weighted by Crippen LogP contribution is 2.48. The van der Waals surface area contributed by atoms with Crippen LogP contribution in [0.2, 0.25) is 0 Å². The molecule has 9 heteroatoms. The van der Waals surface area contributed by atoms with E-state index in [4.69, 9.17) is 0 Å². The zero-order chi connectivity index (χ0) is 22.6. The van der Waals surface area contributed by atoms with E-state index >= 15 is 0 Å². The molecule has 0 aliphatic heterocycles. The van der Waals surface area contributed by atoms with Gasteiger partial charge in [0.25, 0.3) is 0 Å². The molecule has 0 radical (unpaired) electrons. The average molecular weight is 458 g/mol. The Morgan fingerprint density at radius 3 is 2.50 bits per heavy atom. The van der Waals surface area contributed by atoms with Crippen molar-refractivity contribution in [1.29, 1.82) is 0 Å². The van der Waals surface area contributed by atoms with Gasteiger partial charge in [-0.3, -0.25) is 9.59 Å². The molecule has 1 saturated carbocycles. The fourth-order valence-electron chi connectivity index (χ4n) is 4.83. The molecule has 164 valence electrons. The molecular weight excluding hydrogens is 441 g/mol. The number of fused-ring (bicyclic) bond motifs is 3. The Kier molecular flexibility index (Phi) is 4.81. The van der Waals surface area contributed by atoms with Gasteiger partial charge in [0, 0.05) is 0 Å². The van der Waals surface area contributed by atoms with Crippen LogP contribution in [0.25, 0.3) is 21.3 Å². The summed E-state index contributed by atoms with van der Waals surface area (Å²) in [5, 5.41) is 12.6. The molecule has 1 amide bonds. The molecule has 2 aliphatic rings. The molecule has 2 unspecified atom stereocenters. The average Bonchev–Trinajstić information content (AvgIpc) is 3.46. The monoisotopic (exact) mass is 458 g/mol. The molecule has 2 N–H and O–H groups in total. The lowest BCUT2D eigenvalue weighted by atomic mass is 9.82. The van der Waals surface area contributed by atoms with Crippen molar-refractivity contribution in [3.05, 3.63) is 60.2 Å². The lowest BCUT2D eigenvalue weighted by Crippen LogP contribution is -2.36. The summed E-state index contributed by atoms with van der Waals surface area (Å²) in [4.78, 5) is 28.9. The number of aliphatic carboxylic acids is 1. The summed E-state index contributed by atoms with van der Waals surface area (Å²) in [5.41, 5.74) is 0.290. The SMILES string of the molecule is O=C(Nc1nc2ccc(-c3ccccc3C(F)(F)F)cc2s1)[C@@H]1C2C=CC(C2)[C@@H]1C(=O)O. The molecule has 1 aromatic heterocycles. The Bertz CT molecular complexity index is 1270. The fourth-order valence-corrected chi connectivity index (χ4v) is 5.74.